The van der Waals surface area contributed by atoms with Gasteiger partial charge < -0.3 is 10.3 Å². The molecule has 1 aromatic heterocycles. The smallest absolute Gasteiger partial charge is 0.251 e. The summed E-state index contributed by atoms with van der Waals surface area (Å²) >= 11 is 5.89. The second kappa shape index (κ2) is 5.99. The molecule has 0 spiro atoms. The van der Waals surface area contributed by atoms with Crippen molar-refractivity contribution >= 4 is 28.4 Å². The molecule has 0 radical (unpaired) electrons. The number of benzene rings is 2. The minimum absolute atomic E-state index is 0.0314. The molecule has 0 fully saturated rings. The zero-order valence-electron chi connectivity index (χ0n) is 13.5. The van der Waals surface area contributed by atoms with Crippen molar-refractivity contribution in [2.24, 2.45) is 0 Å². The molecule has 1 aliphatic carbocycles. The fraction of sp³-hybridized carbons (Fsp3) is 0.250. The highest BCUT2D eigenvalue weighted by atomic mass is 35.5. The Morgan fingerprint density at radius 1 is 1.21 bits per heavy atom. The summed E-state index contributed by atoms with van der Waals surface area (Å²) in [6.07, 6.45) is 2.80. The maximum atomic E-state index is 12.4. The van der Waals surface area contributed by atoms with Gasteiger partial charge in [-0.3, -0.25) is 4.79 Å². The first-order valence-corrected chi connectivity index (χ1v) is 8.64. The predicted molar refractivity (Wildman–Crippen MR) is 97.8 cm³/mol. The van der Waals surface area contributed by atoms with E-state index in [1.807, 2.05) is 0 Å². The van der Waals surface area contributed by atoms with Gasteiger partial charge in [-0.1, -0.05) is 23.2 Å². The molecule has 2 aromatic carbocycles. The van der Waals surface area contributed by atoms with Gasteiger partial charge in [-0.2, -0.15) is 0 Å². The summed E-state index contributed by atoms with van der Waals surface area (Å²) in [6.45, 7) is 2.11. The lowest BCUT2D eigenvalue weighted by Crippen LogP contribution is -2.38. The Kier molecular flexibility index (Phi) is 3.81. The second-order valence-electron chi connectivity index (χ2n) is 6.55. The van der Waals surface area contributed by atoms with Crippen LogP contribution in [0.1, 0.15) is 33.6 Å². The number of H-pyrrole nitrogens is 1. The minimum atomic E-state index is -0.0314. The number of halogens is 1. The van der Waals surface area contributed by atoms with Crippen LogP contribution in [0.5, 0.6) is 0 Å². The Morgan fingerprint density at radius 3 is 2.79 bits per heavy atom. The van der Waals surface area contributed by atoms with E-state index in [0.29, 0.717) is 10.6 Å². The van der Waals surface area contributed by atoms with E-state index in [9.17, 15) is 4.79 Å². The maximum absolute atomic E-state index is 12.4. The summed E-state index contributed by atoms with van der Waals surface area (Å²) in [4.78, 5) is 16.0. The number of aromatic nitrogens is 1. The third-order valence-corrected chi connectivity index (χ3v) is 5.04. The van der Waals surface area contributed by atoms with Crippen LogP contribution < -0.4 is 5.32 Å². The van der Waals surface area contributed by atoms with Gasteiger partial charge in [0, 0.05) is 33.2 Å². The van der Waals surface area contributed by atoms with Crippen molar-refractivity contribution in [2.75, 3.05) is 0 Å². The van der Waals surface area contributed by atoms with E-state index < -0.39 is 0 Å². The van der Waals surface area contributed by atoms with Crippen LogP contribution in [0.2, 0.25) is 5.02 Å². The molecule has 1 heterocycles. The summed E-state index contributed by atoms with van der Waals surface area (Å²) in [6, 6.07) is 13.7. The number of aromatic amines is 1. The first-order valence-electron chi connectivity index (χ1n) is 8.26. The zero-order valence-corrected chi connectivity index (χ0v) is 14.3. The number of hydrogen-bond donors (Lipinski definition) is 2. The summed E-state index contributed by atoms with van der Waals surface area (Å²) in [5.41, 5.74) is 5.76. The van der Waals surface area contributed by atoms with E-state index in [2.05, 4.69) is 35.4 Å². The summed E-state index contributed by atoms with van der Waals surface area (Å²) in [5, 5.41) is 5.10. The van der Waals surface area contributed by atoms with Crippen molar-refractivity contribution < 1.29 is 4.79 Å². The van der Waals surface area contributed by atoms with Crippen LogP contribution in [-0.4, -0.2) is 16.9 Å². The number of nitrogens with one attached hydrogen (secondary N) is 2. The monoisotopic (exact) mass is 338 g/mol. The molecule has 1 atom stereocenters. The molecule has 3 nitrogen and oxygen atoms in total. The lowest BCUT2D eigenvalue weighted by Gasteiger charge is -2.23. The van der Waals surface area contributed by atoms with Crippen molar-refractivity contribution in [3.05, 3.63) is 69.9 Å². The molecule has 0 bridgehead atoms. The second-order valence-corrected chi connectivity index (χ2v) is 6.99. The largest absolute Gasteiger partial charge is 0.358 e. The molecule has 3 aromatic rings. The number of hydrogen-bond acceptors (Lipinski definition) is 1. The topological polar surface area (TPSA) is 44.9 Å². The number of aryl methyl sites for hydroxylation is 2. The van der Waals surface area contributed by atoms with Crippen LogP contribution in [0.4, 0.5) is 0 Å². The maximum Gasteiger partial charge on any atom is 0.251 e. The van der Waals surface area contributed by atoms with E-state index in [0.717, 1.165) is 19.3 Å². The Balaban J connectivity index is 1.55. The van der Waals surface area contributed by atoms with Gasteiger partial charge in [-0.25, -0.2) is 0 Å². The number of carbonyl (C=O) groups is 1. The van der Waals surface area contributed by atoms with Crippen LogP contribution in [0.15, 0.2) is 42.5 Å². The van der Waals surface area contributed by atoms with Crippen LogP contribution in [0, 0.1) is 6.92 Å². The van der Waals surface area contributed by atoms with Crippen LogP contribution in [0.25, 0.3) is 10.9 Å². The van der Waals surface area contributed by atoms with Gasteiger partial charge in [-0.05, 0) is 68.1 Å². The van der Waals surface area contributed by atoms with Crippen LogP contribution in [-0.2, 0) is 12.8 Å². The highest BCUT2D eigenvalue weighted by Crippen LogP contribution is 2.30. The van der Waals surface area contributed by atoms with Crippen molar-refractivity contribution in [3.63, 3.8) is 0 Å². The molecule has 0 saturated heterocycles. The first kappa shape index (κ1) is 15.3. The first-order chi connectivity index (χ1) is 11.6. The average molecular weight is 339 g/mol. The normalized spacial score (nSPS) is 16.8. The molecule has 2 N–H and O–H groups in total. The lowest BCUT2D eigenvalue weighted by atomic mass is 9.91. The molecule has 4 rings (SSSR count). The van der Waals surface area contributed by atoms with E-state index in [1.54, 1.807) is 24.3 Å². The Bertz CT molecular complexity index is 911. The van der Waals surface area contributed by atoms with Crippen molar-refractivity contribution in [1.82, 2.24) is 10.3 Å². The highest BCUT2D eigenvalue weighted by Gasteiger charge is 2.24. The SMILES string of the molecule is Cc1ccc2[nH]c3c(c2c1)CC(NC(=O)c1ccc(Cl)cc1)CC3. The number of rotatable bonds is 2. The molecule has 1 unspecified atom stereocenters. The quantitative estimate of drug-likeness (QED) is 0.714. The van der Waals surface area contributed by atoms with Gasteiger partial charge in [0.1, 0.15) is 0 Å². The summed E-state index contributed by atoms with van der Waals surface area (Å²) < 4.78 is 0. The van der Waals surface area contributed by atoms with E-state index in [4.69, 9.17) is 11.6 Å². The van der Waals surface area contributed by atoms with E-state index in [1.165, 1.54) is 27.7 Å². The van der Waals surface area contributed by atoms with Gasteiger partial charge in [0.15, 0.2) is 0 Å². The van der Waals surface area contributed by atoms with Crippen LogP contribution in [0.3, 0.4) is 0 Å². The number of fused-ring (bicyclic) bond motifs is 3. The fourth-order valence-electron chi connectivity index (χ4n) is 3.52. The predicted octanol–water partition coefficient (Wildman–Crippen LogP) is 4.42. The average Bonchev–Trinajstić information content (AvgIpc) is 2.93. The third-order valence-electron chi connectivity index (χ3n) is 4.78. The molecular formula is C20H19ClN2O. The lowest BCUT2D eigenvalue weighted by molar-refractivity contribution is 0.0933. The summed E-state index contributed by atoms with van der Waals surface area (Å²) in [5.74, 6) is -0.0314. The van der Waals surface area contributed by atoms with Gasteiger partial charge in [0.2, 0.25) is 0 Å². The van der Waals surface area contributed by atoms with E-state index >= 15 is 0 Å². The number of carbonyl (C=O) groups excluding carboxylic acids is 1. The Labute approximate surface area is 146 Å². The highest BCUT2D eigenvalue weighted by molar-refractivity contribution is 6.30. The van der Waals surface area contributed by atoms with Gasteiger partial charge in [0.25, 0.3) is 5.91 Å². The molecule has 1 aliphatic rings. The third kappa shape index (κ3) is 2.80. The molecule has 122 valence electrons. The van der Waals surface area contributed by atoms with Gasteiger partial charge >= 0.3 is 0 Å². The molecule has 24 heavy (non-hydrogen) atoms. The van der Waals surface area contributed by atoms with Gasteiger partial charge in [-0.15, -0.1) is 0 Å². The summed E-state index contributed by atoms with van der Waals surface area (Å²) in [7, 11) is 0. The standard InChI is InChI=1S/C20H19ClN2O/c1-12-2-8-18-16(10-12)17-11-15(7-9-19(17)23-18)22-20(24)13-3-5-14(21)6-4-13/h2-6,8,10,15,23H,7,9,11H2,1H3,(H,22,24). The molecule has 0 aliphatic heterocycles. The van der Waals surface area contributed by atoms with Crippen molar-refractivity contribution in [1.29, 1.82) is 0 Å². The minimum Gasteiger partial charge on any atom is -0.358 e. The Hall–Kier alpha value is -2.26. The molecule has 1 amide bonds. The number of amides is 1. The van der Waals surface area contributed by atoms with E-state index in [-0.39, 0.29) is 11.9 Å². The molecular weight excluding hydrogens is 320 g/mol. The van der Waals surface area contributed by atoms with Crippen molar-refractivity contribution in [2.45, 2.75) is 32.2 Å². The zero-order chi connectivity index (χ0) is 16.7. The Morgan fingerprint density at radius 2 is 2.00 bits per heavy atom. The molecule has 0 saturated carbocycles. The van der Waals surface area contributed by atoms with Crippen molar-refractivity contribution in [3.8, 4) is 0 Å². The van der Waals surface area contributed by atoms with Gasteiger partial charge in [0.05, 0.1) is 0 Å². The fourth-order valence-corrected chi connectivity index (χ4v) is 3.65. The molecule has 4 heteroatoms. The van der Waals surface area contributed by atoms with Crippen LogP contribution >= 0.6 is 11.6 Å².